The Balaban J connectivity index is 1.34. The van der Waals surface area contributed by atoms with E-state index < -0.39 is 0 Å². The molecule has 3 atom stereocenters. The van der Waals surface area contributed by atoms with E-state index in [0.717, 1.165) is 59.5 Å². The first-order valence-corrected chi connectivity index (χ1v) is 20.5. The number of hydrogen-bond donors (Lipinski definition) is 2. The molecule has 0 saturated heterocycles. The first-order chi connectivity index (χ1) is 27.0. The Labute approximate surface area is 336 Å². The number of hydrogen-bond acceptors (Lipinski definition) is 6. The largest absolute Gasteiger partial charge is 0.508 e. The molecule has 0 radical (unpaired) electrons. The molecule has 3 unspecified atom stereocenters. The molecule has 5 rings (SSSR count). The van der Waals surface area contributed by atoms with Gasteiger partial charge in [-0.05, 0) is 120 Å². The second kappa shape index (κ2) is 21.2. The Kier molecular flexibility index (Phi) is 16.1. The molecule has 0 aliphatic heterocycles. The van der Waals surface area contributed by atoms with Crippen molar-refractivity contribution in [2.45, 2.75) is 117 Å². The average molecular weight is 757 g/mol. The minimum absolute atomic E-state index is 0.0319. The van der Waals surface area contributed by atoms with Crippen LogP contribution in [-0.4, -0.2) is 57.5 Å². The summed E-state index contributed by atoms with van der Waals surface area (Å²) in [6.45, 7) is 18.2. The van der Waals surface area contributed by atoms with E-state index >= 15 is 0 Å². The van der Waals surface area contributed by atoms with Crippen molar-refractivity contribution < 1.29 is 19.7 Å². The summed E-state index contributed by atoms with van der Waals surface area (Å²) in [5.41, 5.74) is 7.45. The number of aliphatic hydroxyl groups excluding tert-OH is 1. The molecule has 298 valence electrons. The molecule has 0 bridgehead atoms. The minimum Gasteiger partial charge on any atom is -0.508 e. The monoisotopic (exact) mass is 756 g/mol. The molecule has 5 aromatic carbocycles. The second-order valence-electron chi connectivity index (χ2n) is 15.9. The third-order valence-electron chi connectivity index (χ3n) is 11.0. The number of ether oxygens (including phenoxy) is 2. The van der Waals surface area contributed by atoms with Crippen LogP contribution in [0.2, 0.25) is 0 Å². The zero-order valence-corrected chi connectivity index (χ0v) is 34.6. The third-order valence-corrected chi connectivity index (χ3v) is 11.0. The Morgan fingerprint density at radius 2 is 1.02 bits per heavy atom. The lowest BCUT2D eigenvalue weighted by Crippen LogP contribution is -2.41. The van der Waals surface area contributed by atoms with E-state index in [4.69, 9.17) is 9.47 Å². The molecule has 2 N–H and O–H groups in total. The minimum atomic E-state index is -0.156. The maximum absolute atomic E-state index is 11.3. The highest BCUT2D eigenvalue weighted by atomic mass is 16.5. The fraction of sp³-hybridized carbons (Fsp3) is 0.400. The van der Waals surface area contributed by atoms with E-state index in [1.165, 1.54) is 11.1 Å². The van der Waals surface area contributed by atoms with Crippen molar-refractivity contribution in [3.63, 3.8) is 0 Å². The van der Waals surface area contributed by atoms with E-state index in [9.17, 15) is 10.2 Å². The molecule has 0 amide bonds. The van der Waals surface area contributed by atoms with E-state index in [1.54, 1.807) is 0 Å². The van der Waals surface area contributed by atoms with E-state index in [-0.39, 0.29) is 30.7 Å². The van der Waals surface area contributed by atoms with Crippen molar-refractivity contribution in [3.05, 3.63) is 166 Å². The number of phenolic OH excluding ortho intramolecular Hbond substituents is 1. The molecule has 0 aliphatic rings. The van der Waals surface area contributed by atoms with Crippen LogP contribution in [-0.2, 0) is 24.6 Å². The summed E-state index contributed by atoms with van der Waals surface area (Å²) >= 11 is 0. The van der Waals surface area contributed by atoms with E-state index in [0.29, 0.717) is 31.0 Å². The molecular weight excluding hydrogens is 693 g/mol. The van der Waals surface area contributed by atoms with E-state index in [2.05, 4.69) is 137 Å². The lowest BCUT2D eigenvalue weighted by molar-refractivity contribution is -0.0710. The van der Waals surface area contributed by atoms with Crippen LogP contribution in [0.5, 0.6) is 11.5 Å². The highest BCUT2D eigenvalue weighted by Gasteiger charge is 2.25. The van der Waals surface area contributed by atoms with Gasteiger partial charge in [0.25, 0.3) is 0 Å². The molecule has 6 heteroatoms. The zero-order valence-electron chi connectivity index (χ0n) is 34.6. The summed E-state index contributed by atoms with van der Waals surface area (Å²) in [5, 5.41) is 21.4. The molecule has 0 spiro atoms. The van der Waals surface area contributed by atoms with Gasteiger partial charge in [-0.2, -0.15) is 0 Å². The molecule has 6 nitrogen and oxygen atoms in total. The van der Waals surface area contributed by atoms with Gasteiger partial charge >= 0.3 is 0 Å². The van der Waals surface area contributed by atoms with Gasteiger partial charge in [0.15, 0.2) is 0 Å². The summed E-state index contributed by atoms with van der Waals surface area (Å²) in [4.78, 5) is 4.93. The molecule has 0 aliphatic carbocycles. The summed E-state index contributed by atoms with van der Waals surface area (Å²) in [7, 11) is 0. The third kappa shape index (κ3) is 11.8. The Bertz CT molecular complexity index is 1870. The van der Waals surface area contributed by atoms with Crippen molar-refractivity contribution in [1.82, 2.24) is 9.80 Å². The molecule has 56 heavy (non-hydrogen) atoms. The molecular formula is C50H64N2O4. The quantitative estimate of drug-likeness (QED) is 0.0727. The SMILES string of the molecule is CC(C)N(CCC(c1ccccc1)c1cc(COC(C)N(CCC(c2ccccc2)c2cc(CO)ccc2OCc2ccccc2)C(C)C)ccc1O)C(C)C. The van der Waals surface area contributed by atoms with Crippen LogP contribution >= 0.6 is 0 Å². The van der Waals surface area contributed by atoms with Crippen LogP contribution in [0, 0.1) is 0 Å². The van der Waals surface area contributed by atoms with Crippen molar-refractivity contribution in [1.29, 1.82) is 0 Å². The van der Waals surface area contributed by atoms with Crippen LogP contribution < -0.4 is 4.74 Å². The fourth-order valence-electron chi connectivity index (χ4n) is 8.02. The standard InChI is InChI=1S/C50H64N2O4/c1-36(2)51(37(3)4)29-27-45(43-19-13-9-14-20-43)47-32-42(23-25-49(47)54)35-55-39(7)52(38(5)6)30-28-46(44-21-15-10-16-22-44)48-31-41(33-53)24-26-50(48)56-34-40-17-11-8-12-18-40/h8-26,31-32,36-39,45-46,53-54H,27-30,33-35H2,1-7H3. The van der Waals surface area contributed by atoms with Gasteiger partial charge in [-0.1, -0.05) is 103 Å². The summed E-state index contributed by atoms with van der Waals surface area (Å²) < 4.78 is 13.1. The van der Waals surface area contributed by atoms with Crippen LogP contribution in [0.1, 0.15) is 112 Å². The van der Waals surface area contributed by atoms with Gasteiger partial charge in [0.2, 0.25) is 0 Å². The van der Waals surface area contributed by atoms with Gasteiger partial charge in [-0.15, -0.1) is 0 Å². The van der Waals surface area contributed by atoms with Gasteiger partial charge < -0.3 is 19.7 Å². The first-order valence-electron chi connectivity index (χ1n) is 20.5. The number of rotatable bonds is 21. The number of benzene rings is 5. The van der Waals surface area contributed by atoms with Gasteiger partial charge in [0, 0.05) is 47.6 Å². The molecule has 5 aromatic rings. The highest BCUT2D eigenvalue weighted by Crippen LogP contribution is 2.38. The van der Waals surface area contributed by atoms with E-state index in [1.807, 2.05) is 48.5 Å². The predicted octanol–water partition coefficient (Wildman–Crippen LogP) is 10.9. The molecule has 0 heterocycles. The van der Waals surface area contributed by atoms with Crippen LogP contribution in [0.3, 0.4) is 0 Å². The average Bonchev–Trinajstić information content (AvgIpc) is 3.20. The lowest BCUT2D eigenvalue weighted by Gasteiger charge is -2.34. The number of aromatic hydroxyl groups is 1. The first kappa shape index (κ1) is 42.7. The van der Waals surface area contributed by atoms with Crippen molar-refractivity contribution >= 4 is 0 Å². The summed E-state index contributed by atoms with van der Waals surface area (Å²) in [6, 6.07) is 44.5. The molecule has 0 fully saturated rings. The fourth-order valence-corrected chi connectivity index (χ4v) is 8.02. The maximum atomic E-state index is 11.3. The van der Waals surface area contributed by atoms with Gasteiger partial charge in [-0.25, -0.2) is 0 Å². The van der Waals surface area contributed by atoms with Crippen LogP contribution in [0.25, 0.3) is 0 Å². The number of aliphatic hydroxyl groups is 1. The lowest BCUT2D eigenvalue weighted by atomic mass is 9.86. The highest BCUT2D eigenvalue weighted by molar-refractivity contribution is 5.45. The summed E-state index contributed by atoms with van der Waals surface area (Å²) in [5.74, 6) is 1.25. The Hall–Kier alpha value is -4.46. The van der Waals surface area contributed by atoms with Gasteiger partial charge in [-0.3, -0.25) is 9.80 Å². The normalized spacial score (nSPS) is 13.5. The Morgan fingerprint density at radius 3 is 1.57 bits per heavy atom. The summed E-state index contributed by atoms with van der Waals surface area (Å²) in [6.07, 6.45) is 1.58. The maximum Gasteiger partial charge on any atom is 0.123 e. The van der Waals surface area contributed by atoms with Crippen LogP contribution in [0.15, 0.2) is 127 Å². The second-order valence-corrected chi connectivity index (χ2v) is 15.9. The number of nitrogens with zero attached hydrogens (tertiary/aromatic N) is 2. The smallest absolute Gasteiger partial charge is 0.123 e. The topological polar surface area (TPSA) is 65.4 Å². The predicted molar refractivity (Wildman–Crippen MR) is 230 cm³/mol. The van der Waals surface area contributed by atoms with Crippen molar-refractivity contribution in [2.24, 2.45) is 0 Å². The van der Waals surface area contributed by atoms with Gasteiger partial charge in [0.05, 0.1) is 13.2 Å². The van der Waals surface area contributed by atoms with Crippen molar-refractivity contribution in [2.75, 3.05) is 13.1 Å². The molecule has 0 aromatic heterocycles. The molecule has 0 saturated carbocycles. The zero-order chi connectivity index (χ0) is 40.0. The Morgan fingerprint density at radius 1 is 0.518 bits per heavy atom. The van der Waals surface area contributed by atoms with Crippen LogP contribution in [0.4, 0.5) is 0 Å². The van der Waals surface area contributed by atoms with Gasteiger partial charge in [0.1, 0.15) is 24.3 Å². The van der Waals surface area contributed by atoms with Crippen molar-refractivity contribution in [3.8, 4) is 11.5 Å². The number of phenols is 1.